The van der Waals surface area contributed by atoms with Crippen molar-refractivity contribution in [3.63, 3.8) is 0 Å². The molecule has 0 saturated carbocycles. The maximum atomic E-state index is 13.0. The highest BCUT2D eigenvalue weighted by Crippen LogP contribution is 2.31. The highest BCUT2D eigenvalue weighted by molar-refractivity contribution is 7.87. The number of rotatable bonds is 7. The van der Waals surface area contributed by atoms with Crippen LogP contribution in [0, 0.1) is 5.82 Å². The lowest BCUT2D eigenvalue weighted by atomic mass is 10.2. The van der Waals surface area contributed by atoms with E-state index in [0.717, 1.165) is 5.56 Å². The first-order valence-corrected chi connectivity index (χ1v) is 10.5. The van der Waals surface area contributed by atoms with E-state index < -0.39 is 10.2 Å². The number of anilines is 1. The van der Waals surface area contributed by atoms with Gasteiger partial charge in [0.25, 0.3) is 10.2 Å². The van der Waals surface area contributed by atoms with Crippen LogP contribution in [0.1, 0.15) is 24.6 Å². The lowest BCUT2D eigenvalue weighted by Crippen LogP contribution is -2.36. The predicted octanol–water partition coefficient (Wildman–Crippen LogP) is 1.05. The third-order valence-corrected chi connectivity index (χ3v) is 5.21. The Kier molecular flexibility index (Phi) is 5.41. The predicted molar refractivity (Wildman–Crippen MR) is 103 cm³/mol. The van der Waals surface area contributed by atoms with Gasteiger partial charge in [-0.2, -0.15) is 13.1 Å². The van der Waals surface area contributed by atoms with Gasteiger partial charge >= 0.3 is 0 Å². The molecule has 0 bridgehead atoms. The quantitative estimate of drug-likeness (QED) is 0.518. The summed E-state index contributed by atoms with van der Waals surface area (Å²) in [5.74, 6) is 0.273. The summed E-state index contributed by atoms with van der Waals surface area (Å²) in [5, 5.41) is 8.15. The Morgan fingerprint density at radius 2 is 2.00 bits per heavy atom. The van der Waals surface area contributed by atoms with Crippen molar-refractivity contribution in [2.75, 3.05) is 11.9 Å². The van der Waals surface area contributed by atoms with Crippen LogP contribution in [0.5, 0.6) is 0 Å². The van der Waals surface area contributed by atoms with Crippen LogP contribution >= 0.6 is 0 Å². The van der Waals surface area contributed by atoms with Crippen molar-refractivity contribution in [2.45, 2.75) is 31.7 Å². The molecule has 0 unspecified atom stereocenters. The van der Waals surface area contributed by atoms with E-state index in [0.29, 0.717) is 36.4 Å². The van der Waals surface area contributed by atoms with Crippen molar-refractivity contribution >= 4 is 27.2 Å². The SMILES string of the molecule is NS(=O)(=O)NC[C@@H]1CC[C@H](n2cnc3c(NCc4ccc(F)cc4)ncnc32)O1. The van der Waals surface area contributed by atoms with Crippen LogP contribution in [0.3, 0.4) is 0 Å². The number of halogens is 1. The Balaban J connectivity index is 1.47. The molecule has 29 heavy (non-hydrogen) atoms. The molecule has 2 aromatic heterocycles. The summed E-state index contributed by atoms with van der Waals surface area (Å²) >= 11 is 0. The van der Waals surface area contributed by atoms with Crippen LogP contribution < -0.4 is 15.2 Å². The highest BCUT2D eigenvalue weighted by atomic mass is 32.2. The van der Waals surface area contributed by atoms with Gasteiger partial charge in [0, 0.05) is 13.1 Å². The third-order valence-electron chi connectivity index (χ3n) is 4.64. The van der Waals surface area contributed by atoms with Crippen LogP contribution in [0.2, 0.25) is 0 Å². The molecule has 1 aliphatic heterocycles. The third kappa shape index (κ3) is 4.67. The van der Waals surface area contributed by atoms with Crippen molar-refractivity contribution in [1.29, 1.82) is 0 Å². The van der Waals surface area contributed by atoms with E-state index in [2.05, 4.69) is 25.0 Å². The highest BCUT2D eigenvalue weighted by Gasteiger charge is 2.28. The fourth-order valence-electron chi connectivity index (χ4n) is 3.23. The van der Waals surface area contributed by atoms with Crippen LogP contribution in [-0.4, -0.2) is 40.6 Å². The van der Waals surface area contributed by atoms with Crippen molar-refractivity contribution in [3.05, 3.63) is 48.3 Å². The second-order valence-corrected chi connectivity index (χ2v) is 8.09. The summed E-state index contributed by atoms with van der Waals surface area (Å²) < 4.78 is 45.1. The maximum absolute atomic E-state index is 13.0. The van der Waals surface area contributed by atoms with Gasteiger partial charge in [-0.05, 0) is 30.5 Å². The second kappa shape index (κ2) is 7.99. The summed E-state index contributed by atoms with van der Waals surface area (Å²) in [6.07, 6.45) is 3.82. The Morgan fingerprint density at radius 3 is 2.76 bits per heavy atom. The summed E-state index contributed by atoms with van der Waals surface area (Å²) in [6.45, 7) is 0.571. The summed E-state index contributed by atoms with van der Waals surface area (Å²) in [5.41, 5.74) is 2.10. The molecule has 1 saturated heterocycles. The number of hydrogen-bond donors (Lipinski definition) is 3. The Morgan fingerprint density at radius 1 is 1.21 bits per heavy atom. The van der Waals surface area contributed by atoms with Crippen molar-refractivity contribution in [3.8, 4) is 0 Å². The van der Waals surface area contributed by atoms with Gasteiger partial charge in [0.2, 0.25) is 0 Å². The van der Waals surface area contributed by atoms with Gasteiger partial charge in [0.05, 0.1) is 12.4 Å². The van der Waals surface area contributed by atoms with Gasteiger partial charge < -0.3 is 10.1 Å². The van der Waals surface area contributed by atoms with E-state index >= 15 is 0 Å². The monoisotopic (exact) mass is 421 g/mol. The number of hydrogen-bond acceptors (Lipinski definition) is 7. The Labute approximate surface area is 166 Å². The van der Waals surface area contributed by atoms with Crippen LogP contribution in [0.4, 0.5) is 10.2 Å². The molecule has 154 valence electrons. The molecule has 0 radical (unpaired) electrons. The number of fused-ring (bicyclic) bond motifs is 1. The average Bonchev–Trinajstić information content (AvgIpc) is 3.32. The normalized spacial score (nSPS) is 19.7. The first-order valence-electron chi connectivity index (χ1n) is 8.98. The minimum atomic E-state index is -3.75. The molecule has 2 atom stereocenters. The average molecular weight is 421 g/mol. The lowest BCUT2D eigenvalue weighted by Gasteiger charge is -2.15. The van der Waals surface area contributed by atoms with Crippen molar-refractivity contribution in [2.24, 2.45) is 5.14 Å². The molecule has 4 rings (SSSR count). The topological polar surface area (TPSA) is 137 Å². The number of aromatic nitrogens is 4. The molecule has 3 aromatic rings. The van der Waals surface area contributed by atoms with Crippen LogP contribution in [0.25, 0.3) is 11.2 Å². The number of ether oxygens (including phenoxy) is 1. The van der Waals surface area contributed by atoms with E-state index in [4.69, 9.17) is 9.88 Å². The molecule has 1 aromatic carbocycles. The molecule has 10 nitrogen and oxygen atoms in total. The largest absolute Gasteiger partial charge is 0.364 e. The second-order valence-electron chi connectivity index (χ2n) is 6.71. The maximum Gasteiger partial charge on any atom is 0.274 e. The molecule has 4 N–H and O–H groups in total. The molecule has 3 heterocycles. The van der Waals surface area contributed by atoms with Gasteiger partial charge in [-0.25, -0.2) is 24.5 Å². The number of nitrogens with zero attached hydrogens (tertiary/aromatic N) is 4. The molecule has 12 heteroatoms. The van der Waals surface area contributed by atoms with Crippen molar-refractivity contribution < 1.29 is 17.5 Å². The van der Waals surface area contributed by atoms with Gasteiger partial charge in [0.1, 0.15) is 18.4 Å². The minimum absolute atomic E-state index is 0.113. The summed E-state index contributed by atoms with van der Waals surface area (Å²) in [7, 11) is -3.75. The number of benzene rings is 1. The summed E-state index contributed by atoms with van der Waals surface area (Å²) in [6, 6.07) is 6.20. The molecular weight excluding hydrogens is 401 g/mol. The van der Waals surface area contributed by atoms with Gasteiger partial charge in [-0.3, -0.25) is 4.57 Å². The molecule has 0 spiro atoms. The Hall–Kier alpha value is -2.67. The van der Waals surface area contributed by atoms with Crippen LogP contribution in [0.15, 0.2) is 36.9 Å². The van der Waals surface area contributed by atoms with Gasteiger partial charge in [0.15, 0.2) is 17.0 Å². The van der Waals surface area contributed by atoms with Crippen LogP contribution in [-0.2, 0) is 21.5 Å². The molecular formula is C17H20FN7O3S. The molecule has 1 fully saturated rings. The lowest BCUT2D eigenvalue weighted by molar-refractivity contribution is 0.00711. The zero-order chi connectivity index (χ0) is 20.4. The first kappa shape index (κ1) is 19.6. The fourth-order valence-corrected chi connectivity index (χ4v) is 3.65. The number of imidazole rings is 1. The van der Waals surface area contributed by atoms with E-state index in [1.807, 2.05) is 0 Å². The smallest absolute Gasteiger partial charge is 0.274 e. The minimum Gasteiger partial charge on any atom is -0.364 e. The van der Waals surface area contributed by atoms with Gasteiger partial charge in [-0.1, -0.05) is 12.1 Å². The van der Waals surface area contributed by atoms with E-state index in [9.17, 15) is 12.8 Å². The van der Waals surface area contributed by atoms with Crippen molar-refractivity contribution in [1.82, 2.24) is 24.2 Å². The zero-order valence-corrected chi connectivity index (χ0v) is 16.1. The Bertz CT molecular complexity index is 1100. The van der Waals surface area contributed by atoms with E-state index in [1.165, 1.54) is 18.5 Å². The standard InChI is InChI=1S/C17H20FN7O3S/c18-12-3-1-11(2-4-12)7-20-16-15-17(22-9-21-16)25(10-23-15)14-6-5-13(28-14)8-24-29(19,26)27/h1-4,9-10,13-14,24H,5-8H2,(H2,19,26,27)(H,20,21,22)/t13-,14+/m0/s1. The van der Waals surface area contributed by atoms with Gasteiger partial charge in [-0.15, -0.1) is 0 Å². The first-order chi connectivity index (χ1) is 13.9. The van der Waals surface area contributed by atoms with E-state index in [1.54, 1.807) is 23.0 Å². The fraction of sp³-hybridized carbons (Fsp3) is 0.353. The van der Waals surface area contributed by atoms with E-state index in [-0.39, 0.29) is 24.7 Å². The number of nitrogens with two attached hydrogens (primary N) is 1. The zero-order valence-electron chi connectivity index (χ0n) is 15.3. The summed E-state index contributed by atoms with van der Waals surface area (Å²) in [4.78, 5) is 13.0. The molecule has 0 aliphatic carbocycles. The number of nitrogens with one attached hydrogen (secondary N) is 2. The molecule has 0 amide bonds. The molecule has 1 aliphatic rings.